The van der Waals surface area contributed by atoms with Gasteiger partial charge in [-0.15, -0.1) is 0 Å². The smallest absolute Gasteiger partial charge is 0.0129 e. The average molecular weight is 211 g/mol. The van der Waals surface area contributed by atoms with Gasteiger partial charge in [0.05, 0.1) is 0 Å². The summed E-state index contributed by atoms with van der Waals surface area (Å²) in [6.45, 7) is 10.2. The van der Waals surface area contributed by atoms with Gasteiger partial charge in [0.15, 0.2) is 0 Å². The molecule has 0 N–H and O–H groups in total. The summed E-state index contributed by atoms with van der Waals surface area (Å²) >= 11 is 0. The second-order valence-corrected chi connectivity index (χ2v) is 4.66. The van der Waals surface area contributed by atoms with Crippen molar-refractivity contribution in [3.63, 3.8) is 0 Å². The maximum Gasteiger partial charge on any atom is 0.0129 e. The van der Waals surface area contributed by atoms with E-state index >= 15 is 0 Å². The van der Waals surface area contributed by atoms with Crippen molar-refractivity contribution in [3.05, 3.63) is 12.2 Å². The van der Waals surface area contributed by atoms with E-state index < -0.39 is 0 Å². The van der Waals surface area contributed by atoms with E-state index in [0.717, 1.165) is 18.5 Å². The molecule has 0 aromatic carbocycles. The van der Waals surface area contributed by atoms with Crippen LogP contribution in [0.15, 0.2) is 12.2 Å². The van der Waals surface area contributed by atoms with Crippen molar-refractivity contribution in [2.75, 3.05) is 13.6 Å². The molecule has 2 atom stereocenters. The first-order chi connectivity index (χ1) is 7.15. The molecule has 0 aliphatic carbocycles. The van der Waals surface area contributed by atoms with E-state index in [0.29, 0.717) is 0 Å². The molecule has 0 radical (unpaired) electrons. The highest BCUT2D eigenvalue weighted by molar-refractivity contribution is 4.84. The van der Waals surface area contributed by atoms with Crippen LogP contribution in [0.4, 0.5) is 0 Å². The standard InChI is InChI=1S/C14H29N/c1-6-9-11-14(15(5)8-3)12-13(4)10-7-2/h6,9,13-14H,7-8,10-12H2,1-5H3/b9-6+/t13?,14-/m0/s1. The Hall–Kier alpha value is -0.300. The van der Waals surface area contributed by atoms with E-state index in [1.807, 2.05) is 0 Å². The lowest BCUT2D eigenvalue weighted by molar-refractivity contribution is 0.216. The molecular weight excluding hydrogens is 182 g/mol. The molecule has 15 heavy (non-hydrogen) atoms. The maximum atomic E-state index is 2.48. The molecule has 90 valence electrons. The van der Waals surface area contributed by atoms with Crippen molar-refractivity contribution in [3.8, 4) is 0 Å². The summed E-state index contributed by atoms with van der Waals surface area (Å²) in [7, 11) is 2.24. The molecule has 1 unspecified atom stereocenters. The average Bonchev–Trinajstić information content (AvgIpc) is 2.23. The molecule has 1 nitrogen and oxygen atoms in total. The van der Waals surface area contributed by atoms with Gasteiger partial charge in [-0.05, 0) is 39.3 Å². The Morgan fingerprint density at radius 2 is 1.93 bits per heavy atom. The lowest BCUT2D eigenvalue weighted by Crippen LogP contribution is -2.32. The Balaban J connectivity index is 4.10. The number of nitrogens with zero attached hydrogens (tertiary/aromatic N) is 1. The number of allylic oxidation sites excluding steroid dienone is 1. The van der Waals surface area contributed by atoms with Gasteiger partial charge in [0.25, 0.3) is 0 Å². The third-order valence-corrected chi connectivity index (χ3v) is 3.22. The minimum Gasteiger partial charge on any atom is -0.303 e. The molecule has 0 bridgehead atoms. The maximum absolute atomic E-state index is 2.48. The topological polar surface area (TPSA) is 3.24 Å². The minimum absolute atomic E-state index is 0.729. The fraction of sp³-hybridized carbons (Fsp3) is 0.857. The first-order valence-electron chi connectivity index (χ1n) is 6.47. The predicted molar refractivity (Wildman–Crippen MR) is 70.2 cm³/mol. The van der Waals surface area contributed by atoms with Gasteiger partial charge in [0.1, 0.15) is 0 Å². The van der Waals surface area contributed by atoms with Crippen LogP contribution in [-0.2, 0) is 0 Å². The molecule has 0 aromatic rings. The number of rotatable bonds is 8. The summed E-state index contributed by atoms with van der Waals surface area (Å²) in [5.41, 5.74) is 0. The lowest BCUT2D eigenvalue weighted by atomic mass is 9.94. The van der Waals surface area contributed by atoms with E-state index in [-0.39, 0.29) is 0 Å². The van der Waals surface area contributed by atoms with Gasteiger partial charge >= 0.3 is 0 Å². The van der Waals surface area contributed by atoms with Crippen LogP contribution < -0.4 is 0 Å². The molecule has 0 heterocycles. The van der Waals surface area contributed by atoms with Crippen molar-refractivity contribution in [2.24, 2.45) is 5.92 Å². The second kappa shape index (κ2) is 8.96. The summed E-state index contributed by atoms with van der Waals surface area (Å²) in [6.07, 6.45) is 9.69. The highest BCUT2D eigenvalue weighted by Crippen LogP contribution is 2.18. The molecule has 1 heteroatoms. The van der Waals surface area contributed by atoms with Crippen LogP contribution in [0.1, 0.15) is 53.4 Å². The fourth-order valence-corrected chi connectivity index (χ4v) is 2.08. The Kier molecular flexibility index (Phi) is 8.79. The van der Waals surface area contributed by atoms with Crippen molar-refractivity contribution < 1.29 is 0 Å². The Morgan fingerprint density at radius 1 is 1.27 bits per heavy atom. The van der Waals surface area contributed by atoms with Crippen LogP contribution in [0.2, 0.25) is 0 Å². The van der Waals surface area contributed by atoms with Crippen LogP contribution in [0.5, 0.6) is 0 Å². The normalized spacial score (nSPS) is 16.1. The first kappa shape index (κ1) is 14.7. The summed E-state index contributed by atoms with van der Waals surface area (Å²) in [6, 6.07) is 0.729. The monoisotopic (exact) mass is 211 g/mol. The minimum atomic E-state index is 0.729. The fourth-order valence-electron chi connectivity index (χ4n) is 2.08. The summed E-state index contributed by atoms with van der Waals surface area (Å²) < 4.78 is 0. The van der Waals surface area contributed by atoms with Crippen LogP contribution in [-0.4, -0.2) is 24.5 Å². The zero-order valence-electron chi connectivity index (χ0n) is 11.3. The number of hydrogen-bond donors (Lipinski definition) is 0. The molecule has 0 spiro atoms. The van der Waals surface area contributed by atoms with Gasteiger partial charge < -0.3 is 4.90 Å². The summed E-state index contributed by atoms with van der Waals surface area (Å²) in [5.74, 6) is 0.860. The van der Waals surface area contributed by atoms with E-state index in [9.17, 15) is 0 Å². The van der Waals surface area contributed by atoms with E-state index in [2.05, 4.69) is 51.8 Å². The van der Waals surface area contributed by atoms with Gasteiger partial charge in [-0.2, -0.15) is 0 Å². The zero-order valence-corrected chi connectivity index (χ0v) is 11.3. The zero-order chi connectivity index (χ0) is 11.7. The van der Waals surface area contributed by atoms with Gasteiger partial charge in [0.2, 0.25) is 0 Å². The lowest BCUT2D eigenvalue weighted by Gasteiger charge is -2.28. The number of hydrogen-bond acceptors (Lipinski definition) is 1. The molecule has 0 aromatic heterocycles. The summed E-state index contributed by atoms with van der Waals surface area (Å²) in [5, 5.41) is 0. The molecule has 0 rings (SSSR count). The highest BCUT2D eigenvalue weighted by Gasteiger charge is 2.14. The molecule has 0 amide bonds. The van der Waals surface area contributed by atoms with Crippen LogP contribution in [0.25, 0.3) is 0 Å². The highest BCUT2D eigenvalue weighted by atomic mass is 15.1. The van der Waals surface area contributed by atoms with E-state index in [4.69, 9.17) is 0 Å². The van der Waals surface area contributed by atoms with E-state index in [1.54, 1.807) is 0 Å². The van der Waals surface area contributed by atoms with Crippen molar-refractivity contribution in [1.29, 1.82) is 0 Å². The molecular formula is C14H29N. The van der Waals surface area contributed by atoms with Crippen molar-refractivity contribution >= 4 is 0 Å². The quantitative estimate of drug-likeness (QED) is 0.546. The summed E-state index contributed by atoms with van der Waals surface area (Å²) in [4.78, 5) is 2.48. The third kappa shape index (κ3) is 6.72. The second-order valence-electron chi connectivity index (χ2n) is 4.66. The van der Waals surface area contributed by atoms with Crippen molar-refractivity contribution in [2.45, 2.75) is 59.4 Å². The first-order valence-corrected chi connectivity index (χ1v) is 6.47. The predicted octanol–water partition coefficient (Wildman–Crippen LogP) is 4.10. The molecule has 0 aliphatic heterocycles. The molecule has 0 fully saturated rings. The Bertz CT molecular complexity index is 163. The molecule has 0 saturated heterocycles. The SMILES string of the molecule is C/C=C/C[C@@H](CC(C)CCC)N(C)CC. The van der Waals surface area contributed by atoms with Crippen LogP contribution in [0.3, 0.4) is 0 Å². The third-order valence-electron chi connectivity index (χ3n) is 3.22. The van der Waals surface area contributed by atoms with Gasteiger partial charge in [-0.25, -0.2) is 0 Å². The largest absolute Gasteiger partial charge is 0.303 e. The molecule has 0 saturated carbocycles. The van der Waals surface area contributed by atoms with Crippen LogP contribution in [0, 0.1) is 5.92 Å². The van der Waals surface area contributed by atoms with Gasteiger partial charge in [0, 0.05) is 6.04 Å². The van der Waals surface area contributed by atoms with Crippen molar-refractivity contribution in [1.82, 2.24) is 4.90 Å². The van der Waals surface area contributed by atoms with Crippen LogP contribution >= 0.6 is 0 Å². The van der Waals surface area contributed by atoms with Gasteiger partial charge in [-0.1, -0.05) is 45.8 Å². The van der Waals surface area contributed by atoms with Gasteiger partial charge in [-0.3, -0.25) is 0 Å². The molecule has 0 aliphatic rings. The Morgan fingerprint density at radius 3 is 2.40 bits per heavy atom. The van der Waals surface area contributed by atoms with E-state index in [1.165, 1.54) is 25.7 Å². The Labute approximate surface area is 96.6 Å².